The van der Waals surface area contributed by atoms with Crippen molar-refractivity contribution in [1.29, 1.82) is 0 Å². The Morgan fingerprint density at radius 1 is 1.26 bits per heavy atom. The highest BCUT2D eigenvalue weighted by Gasteiger charge is 2.50. The molecule has 1 aliphatic heterocycles. The van der Waals surface area contributed by atoms with Crippen LogP contribution in [0.5, 0.6) is 0 Å². The molecule has 8 nitrogen and oxygen atoms in total. The zero-order valence-corrected chi connectivity index (χ0v) is 20.3. The summed E-state index contributed by atoms with van der Waals surface area (Å²) in [6.45, 7) is 0.115. The summed E-state index contributed by atoms with van der Waals surface area (Å²) in [6, 6.07) is 7.04. The molecule has 13 heteroatoms. The largest absolute Gasteiger partial charge is 0.511 e. The first-order chi connectivity index (χ1) is 14.1. The van der Waals surface area contributed by atoms with E-state index in [-0.39, 0.29) is 61.9 Å². The molecule has 1 heterocycles. The number of aliphatic imine (C=N–C) groups is 1. The number of benzene rings is 1. The van der Waals surface area contributed by atoms with Gasteiger partial charge in [0.15, 0.2) is 5.96 Å². The number of nitrogens with one attached hydrogen (secondary N) is 3. The number of halogens is 4. The van der Waals surface area contributed by atoms with E-state index in [1.54, 1.807) is 32.3 Å². The molecule has 31 heavy (non-hydrogen) atoms. The summed E-state index contributed by atoms with van der Waals surface area (Å²) < 4.78 is 61.4. The molecule has 176 valence electrons. The Kier molecular flexibility index (Phi) is 10.5. The van der Waals surface area contributed by atoms with Gasteiger partial charge in [0.25, 0.3) is 5.91 Å². The summed E-state index contributed by atoms with van der Waals surface area (Å²) in [7, 11) is -2.14. The molecule has 0 radical (unpaired) electrons. The fourth-order valence-electron chi connectivity index (χ4n) is 3.11. The number of hydrogen-bond donors (Lipinski definition) is 3. The fraction of sp³-hybridized carbons (Fsp3) is 0.556. The van der Waals surface area contributed by atoms with Crippen LogP contribution in [0.15, 0.2) is 29.3 Å². The number of guanidine groups is 1. The van der Waals surface area contributed by atoms with Gasteiger partial charge in [0.2, 0.25) is 0 Å². The van der Waals surface area contributed by atoms with Crippen LogP contribution >= 0.6 is 24.0 Å². The molecule has 1 aliphatic rings. The number of rotatable bonds is 6. The standard InChI is InChI=1S/C18H26F3N5O3S.HI/c1-22-16(27)14-5-3-4-13(12-14)6-9-24-17(23-2)25-15-7-10-26(11-8-15)30(28,29)18(19,20)21;/h3-5,12,15H,6-11H2,1-2H3,(H,22,27)(H2,23,24,25);1H. The van der Waals surface area contributed by atoms with Gasteiger partial charge >= 0.3 is 15.5 Å². The van der Waals surface area contributed by atoms with E-state index in [9.17, 15) is 26.4 Å². The minimum atomic E-state index is -5.28. The first-order valence-electron chi connectivity index (χ1n) is 9.43. The molecule has 1 aromatic carbocycles. The number of carbonyl (C=O) groups is 1. The Bertz CT molecular complexity index is 872. The number of sulfonamides is 1. The highest BCUT2D eigenvalue weighted by molar-refractivity contribution is 14.0. The number of piperidine rings is 1. The smallest absolute Gasteiger partial charge is 0.356 e. The molecule has 1 saturated heterocycles. The van der Waals surface area contributed by atoms with Crippen LogP contribution in [0.1, 0.15) is 28.8 Å². The Hall–Kier alpha value is -1.61. The van der Waals surface area contributed by atoms with Gasteiger partial charge in [-0.1, -0.05) is 12.1 Å². The second-order valence-corrected chi connectivity index (χ2v) is 8.73. The molecule has 0 bridgehead atoms. The van der Waals surface area contributed by atoms with E-state index in [2.05, 4.69) is 20.9 Å². The van der Waals surface area contributed by atoms with Crippen molar-refractivity contribution in [2.75, 3.05) is 33.7 Å². The van der Waals surface area contributed by atoms with Crippen LogP contribution in [0, 0.1) is 0 Å². The average Bonchev–Trinajstić information content (AvgIpc) is 2.72. The van der Waals surface area contributed by atoms with Gasteiger partial charge in [-0.25, -0.2) is 8.42 Å². The molecule has 2 rings (SSSR count). The minimum absolute atomic E-state index is 0. The van der Waals surface area contributed by atoms with Crippen molar-refractivity contribution < 1.29 is 26.4 Å². The molecule has 1 aromatic rings. The van der Waals surface area contributed by atoms with E-state index in [1.807, 2.05) is 6.07 Å². The maximum atomic E-state index is 12.7. The highest BCUT2D eigenvalue weighted by atomic mass is 127. The summed E-state index contributed by atoms with van der Waals surface area (Å²) in [5, 5.41) is 8.80. The Labute approximate surface area is 197 Å². The van der Waals surface area contributed by atoms with Crippen LogP contribution in [0.25, 0.3) is 0 Å². The van der Waals surface area contributed by atoms with E-state index in [1.165, 1.54) is 0 Å². The van der Waals surface area contributed by atoms with Gasteiger partial charge in [-0.15, -0.1) is 24.0 Å². The quantitative estimate of drug-likeness (QED) is 0.272. The second-order valence-electron chi connectivity index (χ2n) is 6.80. The number of hydrogen-bond acceptors (Lipinski definition) is 4. The molecule has 1 fully saturated rings. The molecule has 0 spiro atoms. The summed E-state index contributed by atoms with van der Waals surface area (Å²) >= 11 is 0. The maximum absolute atomic E-state index is 12.7. The molecular formula is C18H27F3IN5O3S. The molecule has 1 amide bonds. The SMILES string of the molecule is CN=C(NCCc1cccc(C(=O)NC)c1)NC1CCN(S(=O)(=O)C(F)(F)F)CC1.I. The van der Waals surface area contributed by atoms with Crippen LogP contribution in [-0.4, -0.2) is 69.9 Å². The zero-order chi connectivity index (χ0) is 22.4. The van der Waals surface area contributed by atoms with E-state index in [0.29, 0.717) is 28.8 Å². The maximum Gasteiger partial charge on any atom is 0.511 e. The van der Waals surface area contributed by atoms with Gasteiger partial charge in [0.1, 0.15) is 0 Å². The van der Waals surface area contributed by atoms with Crippen LogP contribution < -0.4 is 16.0 Å². The van der Waals surface area contributed by atoms with Gasteiger partial charge in [0, 0.05) is 45.3 Å². The van der Waals surface area contributed by atoms with Gasteiger partial charge in [-0.05, 0) is 37.0 Å². The third-order valence-corrected chi connectivity index (χ3v) is 6.40. The molecular weight excluding hydrogens is 550 g/mol. The molecule has 0 atom stereocenters. The summed E-state index contributed by atoms with van der Waals surface area (Å²) in [5.74, 6) is 0.316. The lowest BCUT2D eigenvalue weighted by Crippen LogP contribution is -2.51. The van der Waals surface area contributed by atoms with E-state index < -0.39 is 15.5 Å². The van der Waals surface area contributed by atoms with Gasteiger partial charge in [-0.2, -0.15) is 17.5 Å². The third-order valence-electron chi connectivity index (χ3n) is 4.77. The summed E-state index contributed by atoms with van der Waals surface area (Å²) in [5.41, 5.74) is -3.75. The third kappa shape index (κ3) is 7.49. The van der Waals surface area contributed by atoms with E-state index in [0.717, 1.165) is 5.56 Å². The van der Waals surface area contributed by atoms with Crippen molar-refractivity contribution in [2.45, 2.75) is 30.8 Å². The topological polar surface area (TPSA) is 103 Å². The molecule has 0 aromatic heterocycles. The van der Waals surface area contributed by atoms with Crippen LogP contribution in [0.3, 0.4) is 0 Å². The highest BCUT2D eigenvalue weighted by Crippen LogP contribution is 2.28. The summed E-state index contributed by atoms with van der Waals surface area (Å²) in [6.07, 6.45) is 1.11. The van der Waals surface area contributed by atoms with Gasteiger partial charge in [-0.3, -0.25) is 9.79 Å². The van der Waals surface area contributed by atoms with Crippen molar-refractivity contribution in [3.8, 4) is 0 Å². The van der Waals surface area contributed by atoms with Crippen molar-refractivity contribution >= 4 is 45.9 Å². The lowest BCUT2D eigenvalue weighted by atomic mass is 10.1. The van der Waals surface area contributed by atoms with Gasteiger partial charge < -0.3 is 16.0 Å². The molecule has 0 unspecified atom stereocenters. The minimum Gasteiger partial charge on any atom is -0.356 e. The second kappa shape index (κ2) is 11.9. The Balaban J connectivity index is 0.00000480. The molecule has 0 aliphatic carbocycles. The number of amides is 1. The van der Waals surface area contributed by atoms with Gasteiger partial charge in [0.05, 0.1) is 0 Å². The molecule has 0 saturated carbocycles. The van der Waals surface area contributed by atoms with Crippen LogP contribution in [0.4, 0.5) is 13.2 Å². The Morgan fingerprint density at radius 3 is 2.45 bits per heavy atom. The predicted octanol–water partition coefficient (Wildman–Crippen LogP) is 1.69. The number of nitrogens with zero attached hydrogens (tertiary/aromatic N) is 2. The first-order valence-corrected chi connectivity index (χ1v) is 10.9. The van der Waals surface area contributed by atoms with Crippen molar-refractivity contribution in [3.05, 3.63) is 35.4 Å². The Morgan fingerprint density at radius 2 is 1.90 bits per heavy atom. The van der Waals surface area contributed by atoms with E-state index in [4.69, 9.17) is 0 Å². The van der Waals surface area contributed by atoms with Crippen molar-refractivity contribution in [3.63, 3.8) is 0 Å². The molecule has 3 N–H and O–H groups in total. The first kappa shape index (κ1) is 27.4. The van der Waals surface area contributed by atoms with Crippen molar-refractivity contribution in [2.24, 2.45) is 4.99 Å². The average molecular weight is 577 g/mol. The summed E-state index contributed by atoms with van der Waals surface area (Å²) in [4.78, 5) is 15.8. The lowest BCUT2D eigenvalue weighted by Gasteiger charge is -2.32. The number of carbonyl (C=O) groups excluding carboxylic acids is 1. The number of alkyl halides is 3. The van der Waals surface area contributed by atoms with Crippen molar-refractivity contribution in [1.82, 2.24) is 20.3 Å². The van der Waals surface area contributed by atoms with Crippen LogP contribution in [0.2, 0.25) is 0 Å². The monoisotopic (exact) mass is 577 g/mol. The lowest BCUT2D eigenvalue weighted by molar-refractivity contribution is -0.0494. The predicted molar refractivity (Wildman–Crippen MR) is 123 cm³/mol. The fourth-order valence-corrected chi connectivity index (χ4v) is 4.10. The van der Waals surface area contributed by atoms with E-state index >= 15 is 0 Å². The zero-order valence-electron chi connectivity index (χ0n) is 17.2. The normalized spacial score (nSPS) is 16.4. The van der Waals surface area contributed by atoms with Crippen LogP contribution in [-0.2, 0) is 16.4 Å².